The van der Waals surface area contributed by atoms with Gasteiger partial charge >= 0.3 is 19.3 Å². The summed E-state index contributed by atoms with van der Waals surface area (Å²) in [7, 11) is -1.14. The Bertz CT molecular complexity index is 1170. The van der Waals surface area contributed by atoms with Crippen molar-refractivity contribution in [3.63, 3.8) is 0 Å². The van der Waals surface area contributed by atoms with Crippen molar-refractivity contribution in [3.05, 3.63) is 80.4 Å². The minimum Gasteiger partial charge on any atom is -0.453 e. The lowest BCUT2D eigenvalue weighted by molar-refractivity contribution is -0.146. The van der Waals surface area contributed by atoms with Crippen LogP contribution in [-0.4, -0.2) is 59.8 Å². The molecule has 2 N–H and O–H groups in total. The van der Waals surface area contributed by atoms with Crippen LogP contribution >= 0.6 is 7.60 Å². The van der Waals surface area contributed by atoms with Gasteiger partial charge in [-0.15, -0.1) is 0 Å². The molecule has 1 aliphatic rings. The van der Waals surface area contributed by atoms with Crippen molar-refractivity contribution in [3.8, 4) is 0 Å². The van der Waals surface area contributed by atoms with E-state index in [2.05, 4.69) is 4.98 Å². The maximum atomic E-state index is 12.7. The molecule has 4 atom stereocenters. The molecule has 2 aromatic rings. The molecule has 1 saturated heterocycles. The van der Waals surface area contributed by atoms with Crippen molar-refractivity contribution in [2.24, 2.45) is 0 Å². The van der Waals surface area contributed by atoms with Crippen LogP contribution in [0.5, 0.6) is 0 Å². The lowest BCUT2D eigenvalue weighted by Crippen LogP contribution is -2.54. The molecule has 1 aromatic carbocycles. The molecule has 11 nitrogen and oxygen atoms in total. The molecule has 0 radical (unpaired) electrons. The lowest BCUT2D eigenvalue weighted by Gasteiger charge is -2.39. The van der Waals surface area contributed by atoms with E-state index in [4.69, 9.17) is 18.5 Å². The number of aliphatic hydroxyl groups is 1. The van der Waals surface area contributed by atoms with Crippen LogP contribution in [0.1, 0.15) is 22.0 Å². The molecule has 1 aliphatic heterocycles. The minimum atomic E-state index is -3.56. The SMILES string of the molecule is COP(=O)(/C=C/C1OC[C@@H](n2cc(C)c(=O)[nH]c2=O)[C@H](O)[C@@H]1OC(=O)c1ccccc1)OC. The van der Waals surface area contributed by atoms with Crippen molar-refractivity contribution >= 4 is 13.6 Å². The number of hydrogen-bond acceptors (Lipinski definition) is 9. The predicted molar refractivity (Wildman–Crippen MR) is 117 cm³/mol. The van der Waals surface area contributed by atoms with Crippen molar-refractivity contribution in [2.45, 2.75) is 31.3 Å². The van der Waals surface area contributed by atoms with E-state index in [9.17, 15) is 24.1 Å². The normalized spacial score (nSPS) is 23.5. The summed E-state index contributed by atoms with van der Waals surface area (Å²) in [6.45, 7) is 1.35. The fourth-order valence-electron chi connectivity index (χ4n) is 3.35. The average molecular weight is 480 g/mol. The van der Waals surface area contributed by atoms with Gasteiger partial charge in [-0.2, -0.15) is 0 Å². The molecule has 12 heteroatoms. The van der Waals surface area contributed by atoms with Gasteiger partial charge in [-0.1, -0.05) is 18.2 Å². The van der Waals surface area contributed by atoms with Crippen LogP contribution < -0.4 is 11.2 Å². The van der Waals surface area contributed by atoms with Crippen molar-refractivity contribution in [2.75, 3.05) is 20.8 Å². The van der Waals surface area contributed by atoms with Gasteiger partial charge in [0.1, 0.15) is 12.2 Å². The zero-order valence-corrected chi connectivity index (χ0v) is 19.1. The van der Waals surface area contributed by atoms with Crippen molar-refractivity contribution in [1.29, 1.82) is 0 Å². The summed E-state index contributed by atoms with van der Waals surface area (Å²) in [5.41, 5.74) is -0.803. The zero-order chi connectivity index (χ0) is 24.2. The molecule has 0 spiro atoms. The predicted octanol–water partition coefficient (Wildman–Crippen LogP) is 1.37. The number of carbonyl (C=O) groups is 1. The van der Waals surface area contributed by atoms with E-state index in [1.54, 1.807) is 30.3 Å². The maximum absolute atomic E-state index is 12.7. The quantitative estimate of drug-likeness (QED) is 0.443. The Kier molecular flexibility index (Phi) is 7.83. The van der Waals surface area contributed by atoms with Crippen LogP contribution in [0.15, 0.2) is 58.0 Å². The zero-order valence-electron chi connectivity index (χ0n) is 18.2. The number of aryl methyl sites for hydroxylation is 1. The molecule has 2 heterocycles. The van der Waals surface area contributed by atoms with Crippen LogP contribution in [0.3, 0.4) is 0 Å². The average Bonchev–Trinajstić information content (AvgIpc) is 2.82. The molecule has 1 aromatic heterocycles. The van der Waals surface area contributed by atoms with E-state index in [1.165, 1.54) is 33.4 Å². The van der Waals surface area contributed by atoms with Gasteiger partial charge in [-0.05, 0) is 25.1 Å². The second-order valence-corrected chi connectivity index (χ2v) is 9.43. The van der Waals surface area contributed by atoms with Gasteiger partial charge in [0.15, 0.2) is 6.10 Å². The summed E-state index contributed by atoms with van der Waals surface area (Å²) in [6.07, 6.45) is -1.10. The van der Waals surface area contributed by atoms with Gasteiger partial charge in [0.25, 0.3) is 5.56 Å². The summed E-state index contributed by atoms with van der Waals surface area (Å²) in [4.78, 5) is 38.9. The van der Waals surface area contributed by atoms with Gasteiger partial charge in [0.05, 0.1) is 18.2 Å². The summed E-state index contributed by atoms with van der Waals surface area (Å²) in [5.74, 6) is 0.415. The number of hydrogen-bond donors (Lipinski definition) is 2. The standard InChI is InChI=1S/C21H25N2O9P/c1-13-11-23(21(27)22-19(13)25)15-12-31-16(9-10-33(28,29-2)30-3)18(17(15)24)32-20(26)14-7-5-4-6-8-14/h4-11,15-18,24H,12H2,1-3H3,(H,22,25,27)/b10-9+/t15-,16?,17+,18-/m1/s1. The lowest BCUT2D eigenvalue weighted by atomic mass is 9.97. The van der Waals surface area contributed by atoms with Crippen LogP contribution in [0.4, 0.5) is 0 Å². The van der Waals surface area contributed by atoms with Gasteiger partial charge < -0.3 is 23.6 Å². The van der Waals surface area contributed by atoms with Gasteiger partial charge in [0, 0.05) is 31.8 Å². The fraction of sp³-hybridized carbons (Fsp3) is 0.381. The molecule has 0 saturated carbocycles. The van der Waals surface area contributed by atoms with E-state index in [0.717, 1.165) is 10.4 Å². The molecule has 3 rings (SSSR count). The van der Waals surface area contributed by atoms with E-state index in [1.807, 2.05) is 0 Å². The summed E-state index contributed by atoms with van der Waals surface area (Å²) >= 11 is 0. The molecular formula is C21H25N2O9P. The smallest absolute Gasteiger partial charge is 0.353 e. The highest BCUT2D eigenvalue weighted by molar-refractivity contribution is 7.57. The number of aromatic nitrogens is 2. The number of nitrogens with zero attached hydrogens (tertiary/aromatic N) is 1. The number of carbonyl (C=O) groups excluding carboxylic acids is 1. The Balaban J connectivity index is 1.95. The highest BCUT2D eigenvalue weighted by Crippen LogP contribution is 2.48. The van der Waals surface area contributed by atoms with E-state index < -0.39 is 49.2 Å². The molecule has 0 amide bonds. The van der Waals surface area contributed by atoms with Crippen molar-refractivity contribution < 1.29 is 33.0 Å². The summed E-state index contributed by atoms with van der Waals surface area (Å²) in [6, 6.07) is 7.15. The Morgan fingerprint density at radius 2 is 1.91 bits per heavy atom. The number of benzene rings is 1. The van der Waals surface area contributed by atoms with E-state index >= 15 is 0 Å². The number of aromatic amines is 1. The second kappa shape index (κ2) is 10.4. The van der Waals surface area contributed by atoms with Crippen LogP contribution in [-0.2, 0) is 23.1 Å². The Morgan fingerprint density at radius 3 is 2.55 bits per heavy atom. The third-order valence-corrected chi connectivity index (χ3v) is 6.79. The van der Waals surface area contributed by atoms with Crippen molar-refractivity contribution in [1.82, 2.24) is 9.55 Å². The molecular weight excluding hydrogens is 455 g/mol. The Hall–Kier alpha value is -2.82. The Labute approximate surface area is 189 Å². The van der Waals surface area contributed by atoms with Gasteiger partial charge in [-0.3, -0.25) is 18.9 Å². The molecule has 0 bridgehead atoms. The highest BCUT2D eigenvalue weighted by atomic mass is 31.2. The molecule has 0 aliphatic carbocycles. The minimum absolute atomic E-state index is 0.161. The first kappa shape index (κ1) is 24.8. The summed E-state index contributed by atoms with van der Waals surface area (Å²) < 4.78 is 34.6. The molecule has 1 unspecified atom stereocenters. The number of ether oxygens (including phenoxy) is 2. The first-order valence-electron chi connectivity index (χ1n) is 9.97. The first-order chi connectivity index (χ1) is 15.7. The van der Waals surface area contributed by atoms with E-state index in [0.29, 0.717) is 0 Å². The second-order valence-electron chi connectivity index (χ2n) is 7.32. The third kappa shape index (κ3) is 5.58. The van der Waals surface area contributed by atoms with Crippen LogP contribution in [0.25, 0.3) is 0 Å². The first-order valence-corrected chi connectivity index (χ1v) is 11.6. The molecule has 33 heavy (non-hydrogen) atoms. The number of nitrogens with one attached hydrogen (secondary N) is 1. The number of aliphatic hydroxyl groups excluding tert-OH is 1. The highest BCUT2D eigenvalue weighted by Gasteiger charge is 2.43. The third-order valence-electron chi connectivity index (χ3n) is 5.24. The van der Waals surface area contributed by atoms with Crippen LogP contribution in [0, 0.1) is 6.92 Å². The largest absolute Gasteiger partial charge is 0.453 e. The monoisotopic (exact) mass is 480 g/mol. The number of rotatable bonds is 7. The molecule has 178 valence electrons. The maximum Gasteiger partial charge on any atom is 0.353 e. The van der Waals surface area contributed by atoms with E-state index in [-0.39, 0.29) is 17.7 Å². The topological polar surface area (TPSA) is 146 Å². The Morgan fingerprint density at radius 1 is 1.24 bits per heavy atom. The fourth-order valence-corrected chi connectivity index (χ4v) is 4.12. The number of H-pyrrole nitrogens is 1. The summed E-state index contributed by atoms with van der Waals surface area (Å²) in [5, 5.41) is 11.1. The molecule has 1 fully saturated rings. The number of esters is 1. The van der Waals surface area contributed by atoms with Gasteiger partial charge in [0.2, 0.25) is 0 Å². The van der Waals surface area contributed by atoms with Crippen LogP contribution in [0.2, 0.25) is 0 Å². The van der Waals surface area contributed by atoms with Gasteiger partial charge in [-0.25, -0.2) is 9.59 Å².